The Morgan fingerprint density at radius 1 is 1.33 bits per heavy atom. The maximum Gasteiger partial charge on any atom is 0.329 e. The smallest absolute Gasteiger partial charge is 0.329 e. The molecule has 0 radical (unpaired) electrons. The fourth-order valence-electron chi connectivity index (χ4n) is 1.56. The van der Waals surface area contributed by atoms with Crippen molar-refractivity contribution in [1.82, 2.24) is 10.7 Å². The van der Waals surface area contributed by atoms with Gasteiger partial charge in [0.15, 0.2) is 11.5 Å². The predicted molar refractivity (Wildman–Crippen MR) is 73.2 cm³/mol. The minimum absolute atomic E-state index is 0.189. The molecule has 21 heavy (non-hydrogen) atoms. The fourth-order valence-corrected chi connectivity index (χ4v) is 1.56. The minimum Gasteiger partial charge on any atom is -0.454 e. The van der Waals surface area contributed by atoms with Crippen molar-refractivity contribution >= 4 is 18.0 Å². The molecule has 0 saturated heterocycles. The second-order valence-corrected chi connectivity index (χ2v) is 4.06. The zero-order chi connectivity index (χ0) is 15.1. The van der Waals surface area contributed by atoms with Crippen LogP contribution in [0.5, 0.6) is 11.5 Å². The molecule has 2 N–H and O–H groups in total. The summed E-state index contributed by atoms with van der Waals surface area (Å²) in [5.74, 6) is -0.339. The molecule has 1 aromatic carbocycles. The molecule has 0 aliphatic carbocycles. The molecule has 0 saturated carbocycles. The van der Waals surface area contributed by atoms with E-state index in [1.54, 1.807) is 18.2 Å². The third-order valence-electron chi connectivity index (χ3n) is 2.57. The minimum atomic E-state index is -0.844. The SMILES string of the molecule is COCCNC(=O)C(=O)N/N=C\c1ccc2c(c1)OCO2. The highest BCUT2D eigenvalue weighted by molar-refractivity contribution is 6.35. The Bertz CT molecular complexity index is 559. The average Bonchev–Trinajstić information content (AvgIpc) is 2.94. The van der Waals surface area contributed by atoms with E-state index in [0.29, 0.717) is 23.7 Å². The zero-order valence-corrected chi connectivity index (χ0v) is 11.4. The van der Waals surface area contributed by atoms with E-state index in [9.17, 15) is 9.59 Å². The molecule has 1 aliphatic rings. The van der Waals surface area contributed by atoms with Crippen LogP contribution in [0, 0.1) is 0 Å². The van der Waals surface area contributed by atoms with Crippen molar-refractivity contribution in [1.29, 1.82) is 0 Å². The number of nitrogens with zero attached hydrogens (tertiary/aromatic N) is 1. The molecule has 8 heteroatoms. The van der Waals surface area contributed by atoms with Crippen molar-refractivity contribution in [2.24, 2.45) is 5.10 Å². The van der Waals surface area contributed by atoms with Gasteiger partial charge in [0.25, 0.3) is 0 Å². The number of hydrogen-bond acceptors (Lipinski definition) is 6. The Hall–Kier alpha value is -2.61. The first-order valence-corrected chi connectivity index (χ1v) is 6.20. The number of ether oxygens (including phenoxy) is 3. The summed E-state index contributed by atoms with van der Waals surface area (Å²) in [5, 5.41) is 6.08. The van der Waals surface area contributed by atoms with E-state index in [0.717, 1.165) is 0 Å². The first-order chi connectivity index (χ1) is 10.2. The summed E-state index contributed by atoms with van der Waals surface area (Å²) in [5.41, 5.74) is 2.84. The standard InChI is InChI=1S/C13H15N3O5/c1-19-5-4-14-12(17)13(18)16-15-7-9-2-3-10-11(6-9)21-8-20-10/h2-3,6-7H,4-5,8H2,1H3,(H,14,17)(H,16,18)/b15-7-. The summed E-state index contributed by atoms with van der Waals surface area (Å²) in [6.07, 6.45) is 1.41. The van der Waals surface area contributed by atoms with E-state index in [2.05, 4.69) is 15.8 Å². The van der Waals surface area contributed by atoms with Gasteiger partial charge in [0.05, 0.1) is 12.8 Å². The van der Waals surface area contributed by atoms with Crippen molar-refractivity contribution in [3.63, 3.8) is 0 Å². The van der Waals surface area contributed by atoms with Crippen LogP contribution in [-0.2, 0) is 14.3 Å². The molecule has 8 nitrogen and oxygen atoms in total. The van der Waals surface area contributed by atoms with E-state index >= 15 is 0 Å². The number of amides is 2. The normalized spacial score (nSPS) is 12.4. The monoisotopic (exact) mass is 293 g/mol. The molecule has 0 fully saturated rings. The number of hydrogen-bond donors (Lipinski definition) is 2. The Morgan fingerprint density at radius 2 is 2.14 bits per heavy atom. The maximum absolute atomic E-state index is 11.4. The van der Waals surface area contributed by atoms with Gasteiger partial charge in [-0.15, -0.1) is 0 Å². The highest BCUT2D eigenvalue weighted by Gasteiger charge is 2.13. The van der Waals surface area contributed by atoms with E-state index in [1.807, 2.05) is 0 Å². The van der Waals surface area contributed by atoms with Crippen molar-refractivity contribution in [3.8, 4) is 11.5 Å². The summed E-state index contributed by atoms with van der Waals surface area (Å²) >= 11 is 0. The largest absolute Gasteiger partial charge is 0.454 e. The van der Waals surface area contributed by atoms with Crippen LogP contribution in [0.4, 0.5) is 0 Å². The van der Waals surface area contributed by atoms with Gasteiger partial charge in [-0.3, -0.25) is 9.59 Å². The molecular weight excluding hydrogens is 278 g/mol. The molecule has 1 aliphatic heterocycles. The molecular formula is C13H15N3O5. The second-order valence-electron chi connectivity index (χ2n) is 4.06. The first-order valence-electron chi connectivity index (χ1n) is 6.20. The summed E-state index contributed by atoms with van der Waals surface area (Å²) in [4.78, 5) is 22.7. The number of carbonyl (C=O) groups is 2. The van der Waals surface area contributed by atoms with Crippen LogP contribution < -0.4 is 20.2 Å². The molecule has 0 atom stereocenters. The lowest BCUT2D eigenvalue weighted by atomic mass is 10.2. The highest BCUT2D eigenvalue weighted by Crippen LogP contribution is 2.31. The predicted octanol–water partition coefficient (Wildman–Crippen LogP) is -0.372. The van der Waals surface area contributed by atoms with Gasteiger partial charge in [0.2, 0.25) is 6.79 Å². The number of rotatable bonds is 5. The van der Waals surface area contributed by atoms with Crippen LogP contribution in [0.25, 0.3) is 0 Å². The van der Waals surface area contributed by atoms with Gasteiger partial charge >= 0.3 is 11.8 Å². The van der Waals surface area contributed by atoms with Crippen LogP contribution in [0.15, 0.2) is 23.3 Å². The molecule has 0 spiro atoms. The molecule has 1 aromatic rings. The molecule has 0 aromatic heterocycles. The number of hydrazone groups is 1. The second kappa shape index (κ2) is 7.25. The quantitative estimate of drug-likeness (QED) is 0.334. The van der Waals surface area contributed by atoms with Gasteiger partial charge in [-0.05, 0) is 23.8 Å². The van der Waals surface area contributed by atoms with Gasteiger partial charge in [0, 0.05) is 13.7 Å². The number of carbonyl (C=O) groups excluding carboxylic acids is 2. The van der Waals surface area contributed by atoms with Crippen molar-refractivity contribution < 1.29 is 23.8 Å². The Balaban J connectivity index is 1.82. The summed E-state index contributed by atoms with van der Waals surface area (Å²) in [6.45, 7) is 0.780. The van der Waals surface area contributed by atoms with E-state index in [1.165, 1.54) is 13.3 Å². The average molecular weight is 293 g/mol. The maximum atomic E-state index is 11.4. The van der Waals surface area contributed by atoms with Gasteiger partial charge in [-0.2, -0.15) is 5.10 Å². The first kappa shape index (κ1) is 14.8. The number of nitrogens with one attached hydrogen (secondary N) is 2. The third kappa shape index (κ3) is 4.18. The molecule has 2 amide bonds. The summed E-state index contributed by atoms with van der Waals surface area (Å²) in [7, 11) is 1.50. The molecule has 2 rings (SSSR count). The van der Waals surface area contributed by atoms with Gasteiger partial charge in [-0.25, -0.2) is 5.43 Å². The van der Waals surface area contributed by atoms with Crippen LogP contribution in [0.3, 0.4) is 0 Å². The Kier molecular flexibility index (Phi) is 5.10. The van der Waals surface area contributed by atoms with Crippen molar-refractivity contribution in [2.45, 2.75) is 0 Å². The van der Waals surface area contributed by atoms with Gasteiger partial charge in [0.1, 0.15) is 0 Å². The number of methoxy groups -OCH3 is 1. The van der Waals surface area contributed by atoms with Gasteiger partial charge in [-0.1, -0.05) is 0 Å². The van der Waals surface area contributed by atoms with E-state index < -0.39 is 11.8 Å². The van der Waals surface area contributed by atoms with Crippen LogP contribution >= 0.6 is 0 Å². The lowest BCUT2D eigenvalue weighted by Gasteiger charge is -2.02. The molecule has 0 bridgehead atoms. The van der Waals surface area contributed by atoms with E-state index in [4.69, 9.17) is 14.2 Å². The third-order valence-corrected chi connectivity index (χ3v) is 2.57. The highest BCUT2D eigenvalue weighted by atomic mass is 16.7. The van der Waals surface area contributed by atoms with E-state index in [-0.39, 0.29) is 13.3 Å². The van der Waals surface area contributed by atoms with Crippen LogP contribution in [-0.4, -0.2) is 45.1 Å². The summed E-state index contributed by atoms with van der Waals surface area (Å²) in [6, 6.07) is 5.21. The van der Waals surface area contributed by atoms with Crippen molar-refractivity contribution in [2.75, 3.05) is 27.1 Å². The Labute approximate surface area is 121 Å². The lowest BCUT2D eigenvalue weighted by Crippen LogP contribution is -2.39. The zero-order valence-electron chi connectivity index (χ0n) is 11.4. The number of benzene rings is 1. The molecule has 1 heterocycles. The van der Waals surface area contributed by atoms with Crippen LogP contribution in [0.1, 0.15) is 5.56 Å². The van der Waals surface area contributed by atoms with Gasteiger partial charge < -0.3 is 19.5 Å². The van der Waals surface area contributed by atoms with Crippen molar-refractivity contribution in [3.05, 3.63) is 23.8 Å². The Morgan fingerprint density at radius 3 is 2.95 bits per heavy atom. The number of fused-ring (bicyclic) bond motifs is 1. The molecule has 112 valence electrons. The van der Waals surface area contributed by atoms with Crippen LogP contribution in [0.2, 0.25) is 0 Å². The summed E-state index contributed by atoms with van der Waals surface area (Å²) < 4.78 is 15.1. The topological polar surface area (TPSA) is 98.2 Å². The lowest BCUT2D eigenvalue weighted by molar-refractivity contribution is -0.139. The fraction of sp³-hybridized carbons (Fsp3) is 0.308. The molecule has 0 unspecified atom stereocenters.